The smallest absolute Gasteiger partial charge is 0.0570 e. The Morgan fingerprint density at radius 2 is 2.25 bits per heavy atom. The van der Waals surface area contributed by atoms with E-state index in [1.165, 1.54) is 24.9 Å². The first-order chi connectivity index (χ1) is 7.79. The van der Waals surface area contributed by atoms with Gasteiger partial charge in [-0.25, -0.2) is 0 Å². The quantitative estimate of drug-likeness (QED) is 0.825. The molecule has 0 atom stereocenters. The van der Waals surface area contributed by atoms with Gasteiger partial charge in [0.2, 0.25) is 0 Å². The molecule has 3 heteroatoms. The fourth-order valence-corrected chi connectivity index (χ4v) is 2.11. The predicted molar refractivity (Wildman–Crippen MR) is 69.0 cm³/mol. The maximum absolute atomic E-state index is 4.27. The minimum Gasteiger partial charge on any atom is -0.384 e. The molecule has 1 saturated carbocycles. The molecule has 0 spiro atoms. The van der Waals surface area contributed by atoms with Gasteiger partial charge in [-0.2, -0.15) is 0 Å². The molecule has 2 rings (SSSR count). The molecule has 1 N–H and O–H groups in total. The molecule has 0 amide bonds. The van der Waals surface area contributed by atoms with E-state index in [0.29, 0.717) is 0 Å². The SMILES string of the molecule is CCNc1cncc(N(C)CC2CCC2)c1. The third-order valence-corrected chi connectivity index (χ3v) is 3.30. The first kappa shape index (κ1) is 11.2. The Hall–Kier alpha value is -1.25. The fraction of sp³-hybridized carbons (Fsp3) is 0.615. The molecular formula is C13H21N3. The summed E-state index contributed by atoms with van der Waals surface area (Å²) >= 11 is 0. The Morgan fingerprint density at radius 3 is 2.88 bits per heavy atom. The van der Waals surface area contributed by atoms with Crippen molar-refractivity contribution in [2.45, 2.75) is 26.2 Å². The second kappa shape index (κ2) is 5.19. The maximum atomic E-state index is 4.27. The van der Waals surface area contributed by atoms with E-state index in [4.69, 9.17) is 0 Å². The second-order valence-electron chi connectivity index (χ2n) is 4.64. The van der Waals surface area contributed by atoms with Crippen molar-refractivity contribution < 1.29 is 0 Å². The second-order valence-corrected chi connectivity index (χ2v) is 4.64. The average molecular weight is 219 g/mol. The molecule has 0 aliphatic heterocycles. The zero-order chi connectivity index (χ0) is 11.4. The van der Waals surface area contributed by atoms with Gasteiger partial charge < -0.3 is 10.2 Å². The molecule has 1 aromatic rings. The lowest BCUT2D eigenvalue weighted by atomic mass is 9.85. The van der Waals surface area contributed by atoms with Crippen molar-refractivity contribution in [3.05, 3.63) is 18.5 Å². The number of rotatable bonds is 5. The summed E-state index contributed by atoms with van der Waals surface area (Å²) in [5.41, 5.74) is 2.32. The van der Waals surface area contributed by atoms with Crippen LogP contribution in [0.25, 0.3) is 0 Å². The van der Waals surface area contributed by atoms with E-state index in [2.05, 4.69) is 35.2 Å². The minimum atomic E-state index is 0.896. The van der Waals surface area contributed by atoms with Crippen LogP contribution in [0.2, 0.25) is 0 Å². The molecule has 1 fully saturated rings. The Labute approximate surface area is 97.9 Å². The Kier molecular flexibility index (Phi) is 3.65. The van der Waals surface area contributed by atoms with Gasteiger partial charge in [0, 0.05) is 20.1 Å². The molecule has 0 unspecified atom stereocenters. The standard InChI is InChI=1S/C13H21N3/c1-3-15-12-7-13(9-14-8-12)16(2)10-11-5-4-6-11/h7-9,11,15H,3-6,10H2,1-2H3. The van der Waals surface area contributed by atoms with Crippen LogP contribution >= 0.6 is 0 Å². The van der Waals surface area contributed by atoms with Crippen molar-refractivity contribution in [1.29, 1.82) is 0 Å². The van der Waals surface area contributed by atoms with Crippen LogP contribution < -0.4 is 10.2 Å². The molecule has 3 nitrogen and oxygen atoms in total. The number of anilines is 2. The molecule has 16 heavy (non-hydrogen) atoms. The van der Waals surface area contributed by atoms with Crippen LogP contribution in [0.15, 0.2) is 18.5 Å². The van der Waals surface area contributed by atoms with E-state index < -0.39 is 0 Å². The first-order valence-corrected chi connectivity index (χ1v) is 6.19. The summed E-state index contributed by atoms with van der Waals surface area (Å²) in [6, 6.07) is 2.18. The van der Waals surface area contributed by atoms with Crippen LogP contribution in [-0.2, 0) is 0 Å². The molecule has 0 radical (unpaired) electrons. The van der Waals surface area contributed by atoms with Gasteiger partial charge in [0.1, 0.15) is 0 Å². The Bertz CT molecular complexity index is 334. The lowest BCUT2D eigenvalue weighted by Gasteiger charge is -2.31. The Morgan fingerprint density at radius 1 is 1.44 bits per heavy atom. The van der Waals surface area contributed by atoms with Crippen molar-refractivity contribution >= 4 is 11.4 Å². The molecule has 1 aliphatic rings. The summed E-state index contributed by atoms with van der Waals surface area (Å²) in [6.07, 6.45) is 8.02. The van der Waals surface area contributed by atoms with Gasteiger partial charge in [0.05, 0.1) is 23.8 Å². The van der Waals surface area contributed by atoms with Crippen molar-refractivity contribution in [2.24, 2.45) is 5.92 Å². The summed E-state index contributed by atoms with van der Waals surface area (Å²) in [7, 11) is 2.16. The maximum Gasteiger partial charge on any atom is 0.0570 e. The number of hydrogen-bond acceptors (Lipinski definition) is 3. The van der Waals surface area contributed by atoms with Crippen LogP contribution in [0, 0.1) is 5.92 Å². The summed E-state index contributed by atoms with van der Waals surface area (Å²) in [4.78, 5) is 6.59. The molecule has 1 heterocycles. The third kappa shape index (κ3) is 2.65. The molecule has 0 saturated heterocycles. The van der Waals surface area contributed by atoms with Crippen molar-refractivity contribution in [2.75, 3.05) is 30.4 Å². The monoisotopic (exact) mass is 219 g/mol. The summed E-state index contributed by atoms with van der Waals surface area (Å²) in [5, 5.41) is 3.29. The van der Waals surface area contributed by atoms with Gasteiger partial charge in [-0.05, 0) is 31.7 Å². The number of pyridine rings is 1. The highest BCUT2D eigenvalue weighted by molar-refractivity contribution is 5.55. The highest BCUT2D eigenvalue weighted by Crippen LogP contribution is 2.28. The topological polar surface area (TPSA) is 28.2 Å². The number of nitrogens with one attached hydrogen (secondary N) is 1. The third-order valence-electron chi connectivity index (χ3n) is 3.30. The van der Waals surface area contributed by atoms with Crippen molar-refractivity contribution in [1.82, 2.24) is 4.98 Å². The largest absolute Gasteiger partial charge is 0.384 e. The van der Waals surface area contributed by atoms with Gasteiger partial charge in [-0.1, -0.05) is 6.42 Å². The van der Waals surface area contributed by atoms with E-state index in [1.807, 2.05) is 12.4 Å². The van der Waals surface area contributed by atoms with Crippen LogP contribution in [0.1, 0.15) is 26.2 Å². The molecular weight excluding hydrogens is 198 g/mol. The van der Waals surface area contributed by atoms with E-state index in [1.54, 1.807) is 0 Å². The molecule has 0 aromatic carbocycles. The summed E-state index contributed by atoms with van der Waals surface area (Å²) in [6.45, 7) is 4.21. The van der Waals surface area contributed by atoms with Gasteiger partial charge in [0.15, 0.2) is 0 Å². The van der Waals surface area contributed by atoms with E-state index in [-0.39, 0.29) is 0 Å². The zero-order valence-electron chi connectivity index (χ0n) is 10.2. The molecule has 0 bridgehead atoms. The van der Waals surface area contributed by atoms with Gasteiger partial charge in [0.25, 0.3) is 0 Å². The highest BCUT2D eigenvalue weighted by Gasteiger charge is 2.19. The van der Waals surface area contributed by atoms with Crippen LogP contribution in [0.5, 0.6) is 0 Å². The zero-order valence-corrected chi connectivity index (χ0v) is 10.2. The van der Waals surface area contributed by atoms with Crippen LogP contribution in [0.3, 0.4) is 0 Å². The lowest BCUT2D eigenvalue weighted by Crippen LogP contribution is -2.29. The van der Waals surface area contributed by atoms with Crippen LogP contribution in [0.4, 0.5) is 11.4 Å². The highest BCUT2D eigenvalue weighted by atomic mass is 15.1. The fourth-order valence-electron chi connectivity index (χ4n) is 2.11. The Balaban J connectivity index is 1.97. The van der Waals surface area contributed by atoms with E-state index >= 15 is 0 Å². The normalized spacial score (nSPS) is 15.6. The number of hydrogen-bond donors (Lipinski definition) is 1. The van der Waals surface area contributed by atoms with Crippen molar-refractivity contribution in [3.63, 3.8) is 0 Å². The summed E-state index contributed by atoms with van der Waals surface area (Å²) in [5.74, 6) is 0.896. The first-order valence-electron chi connectivity index (χ1n) is 6.19. The van der Waals surface area contributed by atoms with E-state index in [0.717, 1.165) is 24.7 Å². The number of nitrogens with zero attached hydrogens (tertiary/aromatic N) is 2. The van der Waals surface area contributed by atoms with Crippen molar-refractivity contribution in [3.8, 4) is 0 Å². The number of aromatic nitrogens is 1. The van der Waals surface area contributed by atoms with Crippen LogP contribution in [-0.4, -0.2) is 25.1 Å². The molecule has 1 aliphatic carbocycles. The summed E-state index contributed by atoms with van der Waals surface area (Å²) < 4.78 is 0. The molecule has 88 valence electrons. The lowest BCUT2D eigenvalue weighted by molar-refractivity contribution is 0.321. The van der Waals surface area contributed by atoms with E-state index in [9.17, 15) is 0 Å². The average Bonchev–Trinajstić information content (AvgIpc) is 2.24. The van der Waals surface area contributed by atoms with Gasteiger partial charge >= 0.3 is 0 Å². The minimum absolute atomic E-state index is 0.896. The molecule has 1 aromatic heterocycles. The predicted octanol–water partition coefficient (Wildman–Crippen LogP) is 2.75. The van der Waals surface area contributed by atoms with Gasteiger partial charge in [-0.3, -0.25) is 4.98 Å². The van der Waals surface area contributed by atoms with Gasteiger partial charge in [-0.15, -0.1) is 0 Å².